The number of hydrogen-bond acceptors (Lipinski definition) is 6. The number of nitrogens with zero attached hydrogens (tertiary/aromatic N) is 5. The highest BCUT2D eigenvalue weighted by Gasteiger charge is 2.14. The highest BCUT2D eigenvalue weighted by Crippen LogP contribution is 2.23. The first-order valence-corrected chi connectivity index (χ1v) is 8.00. The third-order valence-corrected chi connectivity index (χ3v) is 4.20. The van der Waals surface area contributed by atoms with Gasteiger partial charge in [0, 0.05) is 24.3 Å². The van der Waals surface area contributed by atoms with Gasteiger partial charge in [0.2, 0.25) is 0 Å². The number of anilines is 1. The molecular weight excluding hydrogens is 302 g/mol. The summed E-state index contributed by atoms with van der Waals surface area (Å²) in [6.45, 7) is 2.02. The summed E-state index contributed by atoms with van der Waals surface area (Å²) in [6, 6.07) is 6.16. The van der Waals surface area contributed by atoms with Gasteiger partial charge in [-0.3, -0.25) is 4.98 Å². The van der Waals surface area contributed by atoms with Crippen LogP contribution >= 0.6 is 0 Å². The molecule has 120 valence electrons. The van der Waals surface area contributed by atoms with Crippen molar-refractivity contribution in [2.45, 2.75) is 18.9 Å². The Morgan fingerprint density at radius 1 is 1.29 bits per heavy atom. The minimum atomic E-state index is 0.380. The molecule has 2 N–H and O–H groups in total. The van der Waals surface area contributed by atoms with Gasteiger partial charge in [0.05, 0.1) is 35.4 Å². The van der Waals surface area contributed by atoms with E-state index >= 15 is 0 Å². The standard InChI is InChI=1S/C17H17N7/c18-6-12-3-4-16-14(8-21-24(16)11-12)15-9-20-10-17(23-15)22-13-2-1-5-19-7-13/h3-4,8-11,13,19H,1-2,5,7H2,(H,22,23). The van der Waals surface area contributed by atoms with Crippen molar-refractivity contribution in [3.8, 4) is 17.3 Å². The van der Waals surface area contributed by atoms with Gasteiger partial charge in [-0.05, 0) is 31.5 Å². The number of fused-ring (bicyclic) bond motifs is 1. The van der Waals surface area contributed by atoms with Gasteiger partial charge in [-0.1, -0.05) is 0 Å². The van der Waals surface area contributed by atoms with Crippen LogP contribution < -0.4 is 10.6 Å². The Balaban J connectivity index is 1.64. The molecule has 1 unspecified atom stereocenters. The van der Waals surface area contributed by atoms with E-state index in [1.165, 1.54) is 6.42 Å². The molecule has 1 saturated heterocycles. The molecular formula is C17H17N7. The molecule has 0 aliphatic carbocycles. The van der Waals surface area contributed by atoms with Crippen molar-refractivity contribution in [3.63, 3.8) is 0 Å². The van der Waals surface area contributed by atoms with E-state index in [-0.39, 0.29) is 0 Å². The van der Waals surface area contributed by atoms with Crippen molar-refractivity contribution < 1.29 is 0 Å². The van der Waals surface area contributed by atoms with Gasteiger partial charge in [-0.2, -0.15) is 10.4 Å². The maximum Gasteiger partial charge on any atom is 0.145 e. The third-order valence-electron chi connectivity index (χ3n) is 4.20. The van der Waals surface area contributed by atoms with Gasteiger partial charge in [-0.15, -0.1) is 0 Å². The first-order chi connectivity index (χ1) is 11.8. The van der Waals surface area contributed by atoms with E-state index < -0.39 is 0 Å². The molecule has 0 amide bonds. The van der Waals surface area contributed by atoms with Crippen molar-refractivity contribution in [3.05, 3.63) is 42.5 Å². The Labute approximate surface area is 139 Å². The largest absolute Gasteiger partial charge is 0.365 e. The molecule has 7 nitrogen and oxygen atoms in total. The summed E-state index contributed by atoms with van der Waals surface area (Å²) in [7, 11) is 0. The van der Waals surface area contributed by atoms with Crippen LogP contribution in [0.15, 0.2) is 36.9 Å². The summed E-state index contributed by atoms with van der Waals surface area (Å²) < 4.78 is 1.70. The maximum absolute atomic E-state index is 8.99. The number of hydrogen-bond donors (Lipinski definition) is 2. The smallest absolute Gasteiger partial charge is 0.145 e. The van der Waals surface area contributed by atoms with Crippen LogP contribution in [0.2, 0.25) is 0 Å². The lowest BCUT2D eigenvalue weighted by atomic mass is 10.1. The number of nitrogens with one attached hydrogen (secondary N) is 2. The van der Waals surface area contributed by atoms with Gasteiger partial charge in [0.1, 0.15) is 11.9 Å². The minimum absolute atomic E-state index is 0.380. The summed E-state index contributed by atoms with van der Waals surface area (Å²) in [4.78, 5) is 8.99. The van der Waals surface area contributed by atoms with E-state index in [1.807, 2.05) is 6.07 Å². The second-order valence-electron chi connectivity index (χ2n) is 5.89. The Morgan fingerprint density at radius 3 is 3.08 bits per heavy atom. The zero-order valence-electron chi connectivity index (χ0n) is 13.1. The van der Waals surface area contributed by atoms with Gasteiger partial charge in [0.25, 0.3) is 0 Å². The molecule has 4 rings (SSSR count). The van der Waals surface area contributed by atoms with E-state index in [0.717, 1.165) is 42.1 Å². The average Bonchev–Trinajstić information content (AvgIpc) is 3.06. The minimum Gasteiger partial charge on any atom is -0.365 e. The SMILES string of the molecule is N#Cc1ccc2c(-c3cncc(NC4CCCNC4)n3)cnn2c1. The normalized spacial score (nSPS) is 17.5. The van der Waals surface area contributed by atoms with Crippen LogP contribution in [0.3, 0.4) is 0 Å². The first kappa shape index (κ1) is 14.6. The van der Waals surface area contributed by atoms with E-state index in [0.29, 0.717) is 11.6 Å². The average molecular weight is 319 g/mol. The maximum atomic E-state index is 8.99. The monoisotopic (exact) mass is 319 g/mol. The highest BCUT2D eigenvalue weighted by atomic mass is 15.2. The molecule has 0 radical (unpaired) electrons. The second-order valence-corrected chi connectivity index (χ2v) is 5.89. The summed E-state index contributed by atoms with van der Waals surface area (Å²) in [5, 5.41) is 20.1. The van der Waals surface area contributed by atoms with E-state index in [9.17, 15) is 0 Å². The van der Waals surface area contributed by atoms with Crippen molar-refractivity contribution in [1.29, 1.82) is 5.26 Å². The van der Waals surface area contributed by atoms with Crippen LogP contribution in [0.5, 0.6) is 0 Å². The van der Waals surface area contributed by atoms with Crippen molar-refractivity contribution in [2.75, 3.05) is 18.4 Å². The molecule has 0 aromatic carbocycles. The molecule has 24 heavy (non-hydrogen) atoms. The quantitative estimate of drug-likeness (QED) is 0.765. The van der Waals surface area contributed by atoms with Crippen LogP contribution in [-0.4, -0.2) is 38.7 Å². The van der Waals surface area contributed by atoms with Crippen molar-refractivity contribution in [2.24, 2.45) is 0 Å². The molecule has 1 fully saturated rings. The van der Waals surface area contributed by atoms with Gasteiger partial charge in [0.15, 0.2) is 0 Å². The molecule has 7 heteroatoms. The topological polar surface area (TPSA) is 90.9 Å². The molecule has 4 heterocycles. The molecule has 1 aliphatic rings. The van der Waals surface area contributed by atoms with E-state index in [1.54, 1.807) is 35.4 Å². The molecule has 3 aromatic rings. The van der Waals surface area contributed by atoms with Crippen LogP contribution in [0.25, 0.3) is 16.8 Å². The van der Waals surface area contributed by atoms with Crippen LogP contribution in [0.4, 0.5) is 5.82 Å². The molecule has 0 spiro atoms. The van der Waals surface area contributed by atoms with Crippen molar-refractivity contribution in [1.82, 2.24) is 24.9 Å². The molecule has 1 aliphatic heterocycles. The van der Waals surface area contributed by atoms with Gasteiger partial charge < -0.3 is 10.6 Å². The number of nitriles is 1. The molecule has 3 aromatic heterocycles. The predicted octanol–water partition coefficient (Wildman–Crippen LogP) is 1.83. The van der Waals surface area contributed by atoms with E-state index in [4.69, 9.17) is 5.26 Å². The second kappa shape index (κ2) is 6.26. The molecule has 0 bridgehead atoms. The Hall–Kier alpha value is -2.98. The Kier molecular flexibility index (Phi) is 3.81. The lowest BCUT2D eigenvalue weighted by Crippen LogP contribution is -2.38. The summed E-state index contributed by atoms with van der Waals surface area (Å²) >= 11 is 0. The van der Waals surface area contributed by atoms with Crippen LogP contribution in [0.1, 0.15) is 18.4 Å². The number of piperidine rings is 1. The van der Waals surface area contributed by atoms with Gasteiger partial charge in [-0.25, -0.2) is 9.50 Å². The summed E-state index contributed by atoms with van der Waals surface area (Å²) in [5.41, 5.74) is 3.14. The fourth-order valence-corrected chi connectivity index (χ4v) is 3.00. The van der Waals surface area contributed by atoms with Crippen LogP contribution in [0, 0.1) is 11.3 Å². The number of pyridine rings is 1. The lowest BCUT2D eigenvalue weighted by molar-refractivity contribution is 0.479. The zero-order chi connectivity index (χ0) is 16.4. The summed E-state index contributed by atoms with van der Waals surface area (Å²) in [5.74, 6) is 0.772. The lowest BCUT2D eigenvalue weighted by Gasteiger charge is -2.24. The van der Waals surface area contributed by atoms with E-state index in [2.05, 4.69) is 31.8 Å². The Morgan fingerprint density at radius 2 is 2.25 bits per heavy atom. The zero-order valence-corrected chi connectivity index (χ0v) is 13.1. The number of rotatable bonds is 3. The predicted molar refractivity (Wildman–Crippen MR) is 90.4 cm³/mol. The van der Waals surface area contributed by atoms with Crippen LogP contribution in [-0.2, 0) is 0 Å². The molecule has 1 atom stereocenters. The van der Waals surface area contributed by atoms with Crippen molar-refractivity contribution >= 4 is 11.3 Å². The summed E-state index contributed by atoms with van der Waals surface area (Å²) in [6.07, 6.45) is 9.25. The third kappa shape index (κ3) is 2.79. The number of aromatic nitrogens is 4. The fraction of sp³-hybridized carbons (Fsp3) is 0.294. The molecule has 0 saturated carbocycles. The first-order valence-electron chi connectivity index (χ1n) is 8.00. The Bertz CT molecular complexity index is 903. The fourth-order valence-electron chi connectivity index (χ4n) is 3.00. The van der Waals surface area contributed by atoms with Gasteiger partial charge >= 0.3 is 0 Å². The highest BCUT2D eigenvalue weighted by molar-refractivity contribution is 5.78.